The van der Waals surface area contributed by atoms with Gasteiger partial charge >= 0.3 is 0 Å². The van der Waals surface area contributed by atoms with Crippen LogP contribution in [0.25, 0.3) is 0 Å². The van der Waals surface area contributed by atoms with Gasteiger partial charge in [-0.25, -0.2) is 0 Å². The Kier molecular flexibility index (Phi) is 4.23. The van der Waals surface area contributed by atoms with Gasteiger partial charge in [0.25, 0.3) is 5.69 Å². The van der Waals surface area contributed by atoms with Gasteiger partial charge in [0.15, 0.2) is 5.78 Å². The number of nitro groups is 1. The Morgan fingerprint density at radius 3 is 2.29 bits per heavy atom. The minimum atomic E-state index is -1.02. The molecule has 0 fully saturated rings. The van der Waals surface area contributed by atoms with Crippen molar-refractivity contribution in [2.75, 3.05) is 0 Å². The Morgan fingerprint density at radius 2 is 1.71 bits per heavy atom. The number of rotatable bonds is 5. The van der Waals surface area contributed by atoms with Crippen LogP contribution in [-0.4, -0.2) is 16.5 Å². The lowest BCUT2D eigenvalue weighted by molar-refractivity contribution is -0.384. The quantitative estimate of drug-likeness (QED) is 0.365. The van der Waals surface area contributed by atoms with Crippen molar-refractivity contribution in [2.24, 2.45) is 0 Å². The summed E-state index contributed by atoms with van der Waals surface area (Å²) in [5.41, 5.74) is 0.606. The number of nitro benzene ring substituents is 1. The third-order valence-electron chi connectivity index (χ3n) is 3.14. The standard InChI is InChI=1S/C16H13NO4/c1-11(18)15(16(19)12-6-3-2-4-7-12)13-8-5-9-14(10-13)17(20)21/h2-10,15H,1H3. The van der Waals surface area contributed by atoms with Crippen LogP contribution in [0.4, 0.5) is 5.69 Å². The lowest BCUT2D eigenvalue weighted by Gasteiger charge is -2.13. The first-order valence-corrected chi connectivity index (χ1v) is 6.35. The van der Waals surface area contributed by atoms with Gasteiger partial charge in [-0.3, -0.25) is 19.7 Å². The van der Waals surface area contributed by atoms with Crippen molar-refractivity contribution in [1.82, 2.24) is 0 Å². The summed E-state index contributed by atoms with van der Waals surface area (Å²) < 4.78 is 0. The number of benzene rings is 2. The Labute approximate surface area is 121 Å². The van der Waals surface area contributed by atoms with Gasteiger partial charge < -0.3 is 0 Å². The summed E-state index contributed by atoms with van der Waals surface area (Å²) in [6.07, 6.45) is 0. The summed E-state index contributed by atoms with van der Waals surface area (Å²) in [5, 5.41) is 10.8. The fraction of sp³-hybridized carbons (Fsp3) is 0.125. The Hall–Kier alpha value is -2.82. The maximum Gasteiger partial charge on any atom is 0.269 e. The van der Waals surface area contributed by atoms with Crippen LogP contribution in [0, 0.1) is 10.1 Å². The highest BCUT2D eigenvalue weighted by molar-refractivity contribution is 6.14. The van der Waals surface area contributed by atoms with Crippen LogP contribution in [0.15, 0.2) is 54.6 Å². The van der Waals surface area contributed by atoms with Gasteiger partial charge in [-0.15, -0.1) is 0 Å². The highest BCUT2D eigenvalue weighted by Crippen LogP contribution is 2.25. The van der Waals surface area contributed by atoms with E-state index in [0.717, 1.165) is 0 Å². The Bertz CT molecular complexity index is 694. The molecular formula is C16H13NO4. The minimum absolute atomic E-state index is 0.139. The molecule has 5 nitrogen and oxygen atoms in total. The van der Waals surface area contributed by atoms with Gasteiger partial charge in [0.2, 0.25) is 0 Å². The van der Waals surface area contributed by atoms with Crippen LogP contribution in [-0.2, 0) is 4.79 Å². The predicted molar refractivity (Wildman–Crippen MR) is 77.3 cm³/mol. The molecule has 0 aliphatic heterocycles. The van der Waals surface area contributed by atoms with E-state index in [0.29, 0.717) is 11.1 Å². The fourth-order valence-electron chi connectivity index (χ4n) is 2.16. The molecule has 0 saturated heterocycles. The summed E-state index contributed by atoms with van der Waals surface area (Å²) in [5.74, 6) is -1.72. The second kappa shape index (κ2) is 6.09. The number of carbonyl (C=O) groups excluding carboxylic acids is 2. The topological polar surface area (TPSA) is 77.3 Å². The van der Waals surface area contributed by atoms with Gasteiger partial charge in [-0.05, 0) is 12.5 Å². The molecule has 21 heavy (non-hydrogen) atoms. The first-order chi connectivity index (χ1) is 10.0. The van der Waals surface area contributed by atoms with E-state index >= 15 is 0 Å². The number of Topliss-reactive ketones (excluding diaryl/α,β-unsaturated/α-hetero) is 2. The number of hydrogen-bond donors (Lipinski definition) is 0. The molecule has 0 heterocycles. The lowest BCUT2D eigenvalue weighted by Crippen LogP contribution is -2.20. The van der Waals surface area contributed by atoms with Crippen molar-refractivity contribution in [3.05, 3.63) is 75.8 Å². The largest absolute Gasteiger partial charge is 0.299 e. The first kappa shape index (κ1) is 14.6. The van der Waals surface area contributed by atoms with Crippen LogP contribution in [0.5, 0.6) is 0 Å². The van der Waals surface area contributed by atoms with E-state index in [1.807, 2.05) is 0 Å². The molecule has 0 aromatic heterocycles. The average molecular weight is 283 g/mol. The smallest absolute Gasteiger partial charge is 0.269 e. The normalized spacial score (nSPS) is 11.7. The van der Waals surface area contributed by atoms with Crippen molar-refractivity contribution in [3.8, 4) is 0 Å². The van der Waals surface area contributed by atoms with Crippen LogP contribution in [0.3, 0.4) is 0 Å². The van der Waals surface area contributed by atoms with Gasteiger partial charge in [0.1, 0.15) is 11.7 Å². The second-order valence-corrected chi connectivity index (χ2v) is 4.63. The molecule has 0 aliphatic rings. The van der Waals surface area contributed by atoms with Crippen molar-refractivity contribution >= 4 is 17.3 Å². The summed E-state index contributed by atoms with van der Waals surface area (Å²) in [6, 6.07) is 14.1. The predicted octanol–water partition coefficient (Wildman–Crippen LogP) is 3.15. The molecule has 1 unspecified atom stereocenters. The molecule has 0 amide bonds. The average Bonchev–Trinajstić information content (AvgIpc) is 2.48. The number of non-ortho nitro benzene ring substituents is 1. The third kappa shape index (κ3) is 3.20. The van der Waals surface area contributed by atoms with E-state index in [2.05, 4.69) is 0 Å². The van der Waals surface area contributed by atoms with Crippen LogP contribution in [0.1, 0.15) is 28.8 Å². The molecule has 106 valence electrons. The number of ketones is 2. The molecule has 0 bridgehead atoms. The molecule has 5 heteroatoms. The Morgan fingerprint density at radius 1 is 1.05 bits per heavy atom. The zero-order valence-corrected chi connectivity index (χ0v) is 11.4. The van der Waals surface area contributed by atoms with Gasteiger partial charge in [-0.1, -0.05) is 42.5 Å². The van der Waals surface area contributed by atoms with Crippen LogP contribution < -0.4 is 0 Å². The molecule has 0 radical (unpaired) electrons. The third-order valence-corrected chi connectivity index (χ3v) is 3.14. The van der Waals surface area contributed by atoms with Gasteiger partial charge in [-0.2, -0.15) is 0 Å². The van der Waals surface area contributed by atoms with Crippen LogP contribution >= 0.6 is 0 Å². The number of carbonyl (C=O) groups is 2. The summed E-state index contributed by atoms with van der Waals surface area (Å²) in [4.78, 5) is 34.6. The zero-order valence-electron chi connectivity index (χ0n) is 11.4. The SMILES string of the molecule is CC(=O)C(C(=O)c1ccccc1)c1cccc([N+](=O)[O-])c1. The van der Waals surface area contributed by atoms with E-state index in [1.54, 1.807) is 36.4 Å². The molecule has 0 aliphatic carbocycles. The van der Waals surface area contributed by atoms with Crippen molar-refractivity contribution < 1.29 is 14.5 Å². The summed E-state index contributed by atoms with van der Waals surface area (Å²) in [6.45, 7) is 1.31. The van der Waals surface area contributed by atoms with E-state index in [9.17, 15) is 19.7 Å². The van der Waals surface area contributed by atoms with Crippen molar-refractivity contribution in [3.63, 3.8) is 0 Å². The molecule has 2 aromatic carbocycles. The second-order valence-electron chi connectivity index (χ2n) is 4.63. The number of hydrogen-bond acceptors (Lipinski definition) is 4. The molecule has 0 saturated carbocycles. The zero-order chi connectivity index (χ0) is 15.4. The molecular weight excluding hydrogens is 270 g/mol. The van der Waals surface area contributed by atoms with E-state index in [-0.39, 0.29) is 17.3 Å². The molecule has 1 atom stereocenters. The molecule has 2 rings (SSSR count). The molecule has 0 N–H and O–H groups in total. The van der Waals surface area contributed by atoms with E-state index < -0.39 is 10.8 Å². The Balaban J connectivity index is 2.45. The summed E-state index contributed by atoms with van der Waals surface area (Å²) in [7, 11) is 0. The number of nitrogens with zero attached hydrogens (tertiary/aromatic N) is 1. The summed E-state index contributed by atoms with van der Waals surface area (Å²) >= 11 is 0. The highest BCUT2D eigenvalue weighted by atomic mass is 16.6. The van der Waals surface area contributed by atoms with Crippen LogP contribution in [0.2, 0.25) is 0 Å². The minimum Gasteiger partial charge on any atom is -0.299 e. The molecule has 2 aromatic rings. The fourth-order valence-corrected chi connectivity index (χ4v) is 2.16. The van der Waals surface area contributed by atoms with Gasteiger partial charge in [0.05, 0.1) is 4.92 Å². The van der Waals surface area contributed by atoms with Crippen molar-refractivity contribution in [2.45, 2.75) is 12.8 Å². The highest BCUT2D eigenvalue weighted by Gasteiger charge is 2.27. The lowest BCUT2D eigenvalue weighted by atomic mass is 9.87. The van der Waals surface area contributed by atoms with E-state index in [4.69, 9.17) is 0 Å². The van der Waals surface area contributed by atoms with Crippen molar-refractivity contribution in [1.29, 1.82) is 0 Å². The molecule has 0 spiro atoms. The maximum atomic E-state index is 12.5. The van der Waals surface area contributed by atoms with Gasteiger partial charge in [0, 0.05) is 17.7 Å². The monoisotopic (exact) mass is 283 g/mol. The van der Waals surface area contributed by atoms with E-state index in [1.165, 1.54) is 25.1 Å². The first-order valence-electron chi connectivity index (χ1n) is 6.35. The maximum absolute atomic E-state index is 12.5.